The van der Waals surface area contributed by atoms with Gasteiger partial charge in [0.1, 0.15) is 5.82 Å². The Labute approximate surface area is 203 Å². The molecule has 1 amide bonds. The number of aromatic amines is 1. The van der Waals surface area contributed by atoms with Gasteiger partial charge in [0, 0.05) is 56.8 Å². The van der Waals surface area contributed by atoms with Crippen molar-refractivity contribution in [3.8, 4) is 0 Å². The van der Waals surface area contributed by atoms with Gasteiger partial charge in [-0.1, -0.05) is 6.92 Å². The van der Waals surface area contributed by atoms with Crippen LogP contribution < -0.4 is 15.8 Å². The van der Waals surface area contributed by atoms with Gasteiger partial charge in [-0.2, -0.15) is 0 Å². The standard InChI is InChI=1S/C26H30FN5O3/c1-2-18-12-23-24(30-25(18)33)11-17(14-28-23)15-31-6-8-32(9-7-31)20-3-4-21(22(27)13-20)26(34)29-19-5-10-35-16-19/h3-4,11-14,19H,2,5-10,15-16H2,1H3,(H,29,34)(H,30,33)/t19-/m0/s1. The van der Waals surface area contributed by atoms with Crippen LogP contribution in [0.4, 0.5) is 10.1 Å². The summed E-state index contributed by atoms with van der Waals surface area (Å²) in [7, 11) is 0. The van der Waals surface area contributed by atoms with E-state index < -0.39 is 11.7 Å². The summed E-state index contributed by atoms with van der Waals surface area (Å²) in [6.45, 7) is 6.91. The Bertz CT molecular complexity index is 1280. The number of carbonyl (C=O) groups is 1. The molecular weight excluding hydrogens is 449 g/mol. The molecule has 2 N–H and O–H groups in total. The summed E-state index contributed by atoms with van der Waals surface area (Å²) >= 11 is 0. The summed E-state index contributed by atoms with van der Waals surface area (Å²) in [5, 5.41) is 2.83. The number of rotatable bonds is 6. The molecular formula is C26H30FN5O3. The number of H-pyrrole nitrogens is 1. The number of benzene rings is 1. The Balaban J connectivity index is 1.19. The molecule has 3 aromatic rings. The van der Waals surface area contributed by atoms with Crippen LogP contribution in [-0.2, 0) is 17.7 Å². The maximum atomic E-state index is 14.7. The fourth-order valence-electron chi connectivity index (χ4n) is 4.73. The fourth-order valence-corrected chi connectivity index (χ4v) is 4.73. The van der Waals surface area contributed by atoms with Crippen molar-refractivity contribution >= 4 is 22.6 Å². The van der Waals surface area contributed by atoms with Crippen molar-refractivity contribution in [2.75, 3.05) is 44.3 Å². The predicted octanol–water partition coefficient (Wildman–Crippen LogP) is 2.47. The van der Waals surface area contributed by atoms with Gasteiger partial charge in [0.15, 0.2) is 0 Å². The zero-order chi connectivity index (χ0) is 24.4. The summed E-state index contributed by atoms with van der Waals surface area (Å²) < 4.78 is 20.0. The van der Waals surface area contributed by atoms with Crippen molar-refractivity contribution in [1.29, 1.82) is 0 Å². The van der Waals surface area contributed by atoms with Gasteiger partial charge in [-0.3, -0.25) is 19.5 Å². The lowest BCUT2D eigenvalue weighted by Crippen LogP contribution is -2.46. The second-order valence-electron chi connectivity index (χ2n) is 9.21. The molecule has 4 heterocycles. The van der Waals surface area contributed by atoms with E-state index in [2.05, 4.69) is 25.1 Å². The highest BCUT2D eigenvalue weighted by molar-refractivity contribution is 5.95. The molecule has 1 atom stereocenters. The van der Waals surface area contributed by atoms with Gasteiger partial charge in [0.05, 0.1) is 29.2 Å². The number of hydrogen-bond donors (Lipinski definition) is 2. The molecule has 5 rings (SSSR count). The van der Waals surface area contributed by atoms with Crippen molar-refractivity contribution in [2.24, 2.45) is 0 Å². The quantitative estimate of drug-likeness (QED) is 0.565. The summed E-state index contributed by atoms with van der Waals surface area (Å²) in [4.78, 5) is 36.5. The number of amides is 1. The van der Waals surface area contributed by atoms with E-state index in [4.69, 9.17) is 4.74 Å². The maximum Gasteiger partial charge on any atom is 0.254 e. The topological polar surface area (TPSA) is 90.6 Å². The van der Waals surface area contributed by atoms with Crippen LogP contribution in [0.15, 0.2) is 41.3 Å². The molecule has 2 saturated heterocycles. The first kappa shape index (κ1) is 23.4. The highest BCUT2D eigenvalue weighted by atomic mass is 19.1. The summed E-state index contributed by atoms with van der Waals surface area (Å²) in [5.41, 5.74) is 4.11. The maximum absolute atomic E-state index is 14.7. The Kier molecular flexibility index (Phi) is 6.79. The van der Waals surface area contributed by atoms with E-state index in [-0.39, 0.29) is 17.2 Å². The Morgan fingerprint density at radius 3 is 2.77 bits per heavy atom. The van der Waals surface area contributed by atoms with Crippen molar-refractivity contribution < 1.29 is 13.9 Å². The molecule has 2 aliphatic rings. The van der Waals surface area contributed by atoms with E-state index >= 15 is 0 Å². The Hall–Kier alpha value is -3.30. The lowest BCUT2D eigenvalue weighted by molar-refractivity contribution is 0.0926. The van der Waals surface area contributed by atoms with Crippen LogP contribution in [0.5, 0.6) is 0 Å². The van der Waals surface area contributed by atoms with Crippen LogP contribution in [0.2, 0.25) is 0 Å². The SMILES string of the molecule is CCc1cc2ncc(CN3CCN(c4ccc(C(=O)N[C@H]5CCOC5)c(F)c4)CC3)cc2[nH]c1=O. The largest absolute Gasteiger partial charge is 0.379 e. The number of aromatic nitrogens is 2. The van der Waals surface area contributed by atoms with E-state index in [1.165, 1.54) is 6.07 Å². The number of ether oxygens (including phenoxy) is 1. The van der Waals surface area contributed by atoms with Gasteiger partial charge in [0.2, 0.25) is 0 Å². The monoisotopic (exact) mass is 479 g/mol. The lowest BCUT2D eigenvalue weighted by atomic mass is 10.1. The third-order valence-corrected chi connectivity index (χ3v) is 6.81. The second-order valence-corrected chi connectivity index (χ2v) is 9.21. The van der Waals surface area contributed by atoms with Crippen molar-refractivity contribution in [2.45, 2.75) is 32.4 Å². The van der Waals surface area contributed by atoms with Crippen molar-refractivity contribution in [1.82, 2.24) is 20.2 Å². The van der Waals surface area contributed by atoms with Crippen molar-refractivity contribution in [3.05, 3.63) is 69.4 Å². The molecule has 8 nitrogen and oxygen atoms in total. The average Bonchev–Trinajstić information content (AvgIpc) is 3.37. The highest BCUT2D eigenvalue weighted by Gasteiger charge is 2.22. The molecule has 184 valence electrons. The number of halogens is 1. The van der Waals surface area contributed by atoms with Gasteiger partial charge in [-0.25, -0.2) is 4.39 Å². The number of carbonyl (C=O) groups excluding carboxylic acids is 1. The van der Waals surface area contributed by atoms with Gasteiger partial charge < -0.3 is 19.9 Å². The molecule has 0 saturated carbocycles. The molecule has 1 aromatic carbocycles. The van der Waals surface area contributed by atoms with Crippen LogP contribution >= 0.6 is 0 Å². The zero-order valence-electron chi connectivity index (χ0n) is 19.8. The molecule has 0 unspecified atom stereocenters. The minimum Gasteiger partial charge on any atom is -0.379 e. The number of anilines is 1. The summed E-state index contributed by atoms with van der Waals surface area (Å²) in [5.74, 6) is -0.908. The number of pyridine rings is 2. The summed E-state index contributed by atoms with van der Waals surface area (Å²) in [6.07, 6.45) is 3.29. The smallest absolute Gasteiger partial charge is 0.254 e. The minimum atomic E-state index is -0.510. The van der Waals surface area contributed by atoms with Crippen LogP contribution in [0, 0.1) is 5.82 Å². The third kappa shape index (κ3) is 5.21. The highest BCUT2D eigenvalue weighted by Crippen LogP contribution is 2.22. The first-order valence-electron chi connectivity index (χ1n) is 12.2. The van der Waals surface area contributed by atoms with Crippen molar-refractivity contribution in [3.63, 3.8) is 0 Å². The molecule has 2 aliphatic heterocycles. The number of nitrogens with zero attached hydrogens (tertiary/aromatic N) is 3. The van der Waals surface area contributed by atoms with Crippen LogP contribution in [0.1, 0.15) is 34.8 Å². The van der Waals surface area contributed by atoms with Gasteiger partial charge in [0.25, 0.3) is 11.5 Å². The van der Waals surface area contributed by atoms with E-state index in [0.717, 1.165) is 67.0 Å². The fraction of sp³-hybridized carbons (Fsp3) is 0.423. The molecule has 9 heteroatoms. The number of hydrogen-bond acceptors (Lipinski definition) is 6. The van der Waals surface area contributed by atoms with Crippen LogP contribution in [-0.4, -0.2) is 66.2 Å². The second kappa shape index (κ2) is 10.1. The van der Waals surface area contributed by atoms with E-state index in [1.54, 1.807) is 6.07 Å². The third-order valence-electron chi connectivity index (χ3n) is 6.81. The molecule has 2 aromatic heterocycles. The molecule has 0 radical (unpaired) electrons. The van der Waals surface area contributed by atoms with Crippen LogP contribution in [0.25, 0.3) is 11.0 Å². The van der Waals surface area contributed by atoms with Gasteiger partial charge in [-0.15, -0.1) is 0 Å². The Morgan fingerprint density at radius 1 is 1.23 bits per heavy atom. The molecule has 35 heavy (non-hydrogen) atoms. The lowest BCUT2D eigenvalue weighted by Gasteiger charge is -2.36. The zero-order valence-corrected chi connectivity index (χ0v) is 19.8. The van der Waals surface area contributed by atoms with Crippen LogP contribution in [0.3, 0.4) is 0 Å². The Morgan fingerprint density at radius 2 is 2.06 bits per heavy atom. The molecule has 0 bridgehead atoms. The number of aryl methyl sites for hydroxylation is 1. The molecule has 0 aliphatic carbocycles. The number of nitrogens with one attached hydrogen (secondary N) is 2. The average molecular weight is 480 g/mol. The first-order valence-corrected chi connectivity index (χ1v) is 12.2. The molecule has 0 spiro atoms. The number of piperazine rings is 1. The minimum absolute atomic E-state index is 0.0542. The van der Waals surface area contributed by atoms with E-state index in [0.29, 0.717) is 19.6 Å². The first-order chi connectivity index (χ1) is 17.0. The molecule has 2 fully saturated rings. The summed E-state index contributed by atoms with van der Waals surface area (Å²) in [6, 6.07) is 8.62. The number of fused-ring (bicyclic) bond motifs is 1. The van der Waals surface area contributed by atoms with Gasteiger partial charge >= 0.3 is 0 Å². The van der Waals surface area contributed by atoms with Gasteiger partial charge in [-0.05, 0) is 48.7 Å². The predicted molar refractivity (Wildman–Crippen MR) is 132 cm³/mol. The van der Waals surface area contributed by atoms with E-state index in [1.807, 2.05) is 31.3 Å². The normalized spacial score (nSPS) is 18.8. The van der Waals surface area contributed by atoms with E-state index in [9.17, 15) is 14.0 Å².